The van der Waals surface area contributed by atoms with Crippen molar-refractivity contribution in [3.8, 4) is 11.5 Å². The largest absolute Gasteiger partial charge is 0.492 e. The molecule has 0 bridgehead atoms. The van der Waals surface area contributed by atoms with Crippen LogP contribution >= 0.6 is 11.6 Å². The van der Waals surface area contributed by atoms with Crippen LogP contribution in [0.1, 0.15) is 31.7 Å². The van der Waals surface area contributed by atoms with Gasteiger partial charge in [-0.1, -0.05) is 23.7 Å². The lowest BCUT2D eigenvalue weighted by Gasteiger charge is -2.28. The molecule has 2 rings (SSSR count). The topological polar surface area (TPSA) is 85.3 Å². The van der Waals surface area contributed by atoms with Crippen molar-refractivity contribution >= 4 is 23.7 Å². The summed E-state index contributed by atoms with van der Waals surface area (Å²) in [5.41, 5.74) is 0.657. The molecule has 0 spiro atoms. The molecule has 234 valence electrons. The van der Waals surface area contributed by atoms with Crippen molar-refractivity contribution in [3.05, 3.63) is 59.1 Å². The summed E-state index contributed by atoms with van der Waals surface area (Å²) < 4.78 is 107. The smallest absolute Gasteiger partial charge is 0.459 e. The number of carboxylic acids is 1. The Labute approximate surface area is 242 Å². The predicted octanol–water partition coefficient (Wildman–Crippen LogP) is 7.26. The Balaban J connectivity index is 1.99. The molecule has 0 saturated carbocycles. The summed E-state index contributed by atoms with van der Waals surface area (Å²) >= 11 is 5.80. The van der Waals surface area contributed by atoms with Gasteiger partial charge in [0.1, 0.15) is 18.1 Å². The third kappa shape index (κ3) is 10.2. The fraction of sp³-hybridized carbons (Fsp3) is 0.481. The van der Waals surface area contributed by atoms with Crippen LogP contribution in [0.4, 0.5) is 35.5 Å². The molecule has 0 aromatic heterocycles. The molecular weight excluding hydrogens is 603 g/mol. The number of carbonyl (C=O) groups excluding carboxylic acids is 1. The van der Waals surface area contributed by atoms with Gasteiger partial charge in [-0.3, -0.25) is 0 Å². The number of halogens is 8. The number of hydrogen-bond donors (Lipinski definition) is 1. The molecule has 1 unspecified atom stereocenters. The minimum Gasteiger partial charge on any atom is -0.492 e. The third-order valence-corrected chi connectivity index (χ3v) is 6.13. The average molecular weight is 632 g/mol. The van der Waals surface area contributed by atoms with Crippen molar-refractivity contribution in [2.45, 2.75) is 56.7 Å². The van der Waals surface area contributed by atoms with Gasteiger partial charge in [0.2, 0.25) is 0 Å². The van der Waals surface area contributed by atoms with Crippen LogP contribution in [0.5, 0.6) is 11.5 Å². The zero-order valence-electron chi connectivity index (χ0n) is 22.3. The highest BCUT2D eigenvalue weighted by Crippen LogP contribution is 2.48. The molecule has 7 nitrogen and oxygen atoms in total. The summed E-state index contributed by atoms with van der Waals surface area (Å²) in [5.74, 6) is -12.2. The average Bonchev–Trinajstić information content (AvgIpc) is 2.91. The lowest BCUT2D eigenvalue weighted by atomic mass is 10.0. The number of rotatable bonds is 16. The van der Waals surface area contributed by atoms with E-state index >= 15 is 0 Å². The number of benzene rings is 2. The van der Waals surface area contributed by atoms with Crippen molar-refractivity contribution in [3.63, 3.8) is 0 Å². The number of ether oxygens (including phenoxy) is 3. The van der Waals surface area contributed by atoms with Crippen LogP contribution in [0.25, 0.3) is 0 Å². The Morgan fingerprint density at radius 1 is 0.905 bits per heavy atom. The minimum atomic E-state index is -6.41. The van der Waals surface area contributed by atoms with E-state index in [-0.39, 0.29) is 44.9 Å². The number of aliphatic carboxylic acids is 1. The molecule has 0 aliphatic carbocycles. The van der Waals surface area contributed by atoms with E-state index in [1.165, 1.54) is 24.3 Å². The van der Waals surface area contributed by atoms with Crippen molar-refractivity contribution < 1.29 is 59.6 Å². The maximum Gasteiger partial charge on any atom is 0.459 e. The highest BCUT2D eigenvalue weighted by Gasteiger charge is 2.72. The first-order chi connectivity index (χ1) is 19.6. The number of amides is 1. The van der Waals surface area contributed by atoms with Gasteiger partial charge in [0.15, 0.2) is 6.10 Å². The Hall–Kier alpha value is -3.26. The molecule has 0 fully saturated rings. The fourth-order valence-corrected chi connectivity index (χ4v) is 3.73. The Bertz CT molecular complexity index is 1150. The fourth-order valence-electron chi connectivity index (χ4n) is 3.60. The lowest BCUT2D eigenvalue weighted by Crippen LogP contribution is -2.51. The molecule has 2 aromatic rings. The molecule has 0 aliphatic heterocycles. The molecule has 0 saturated heterocycles. The van der Waals surface area contributed by atoms with Crippen LogP contribution in [0, 0.1) is 0 Å². The summed E-state index contributed by atoms with van der Waals surface area (Å²) in [7, 11) is 0. The van der Waals surface area contributed by atoms with Gasteiger partial charge >= 0.3 is 30.1 Å². The highest BCUT2D eigenvalue weighted by molar-refractivity contribution is 6.30. The minimum absolute atomic E-state index is 0.0916. The number of hydrogen-bond acceptors (Lipinski definition) is 5. The molecule has 2 aromatic carbocycles. The standard InChI is InChI=1S/C27H29ClF7NO6/c1-2-40-22(23(37)38)17-18-5-9-20(10-6-18)41-16-15-36(24(39)42-21-11-7-19(28)8-12-21)14-4-3-13-25(29,30)26(31,32)27(33,34)35/h5-12,22H,2-4,13-17H2,1H3,(H,37,38). The summed E-state index contributed by atoms with van der Waals surface area (Å²) in [6, 6.07) is 12.0. The Kier molecular flexibility index (Phi) is 12.7. The summed E-state index contributed by atoms with van der Waals surface area (Å²) in [5, 5.41) is 9.57. The normalized spacial score (nSPS) is 13.0. The molecule has 0 radical (unpaired) electrons. The zero-order valence-corrected chi connectivity index (χ0v) is 23.1. The van der Waals surface area contributed by atoms with E-state index in [0.717, 1.165) is 4.90 Å². The van der Waals surface area contributed by atoms with Gasteiger partial charge in [-0.25, -0.2) is 9.59 Å². The number of carboxylic acid groups (broad SMARTS) is 1. The predicted molar refractivity (Wildman–Crippen MR) is 138 cm³/mol. The van der Waals surface area contributed by atoms with Gasteiger partial charge in [0, 0.05) is 31.0 Å². The maximum atomic E-state index is 13.6. The molecule has 42 heavy (non-hydrogen) atoms. The zero-order chi connectivity index (χ0) is 31.6. The van der Waals surface area contributed by atoms with Gasteiger partial charge in [-0.2, -0.15) is 30.7 Å². The summed E-state index contributed by atoms with van der Waals surface area (Å²) in [4.78, 5) is 25.0. The van der Waals surface area contributed by atoms with E-state index in [9.17, 15) is 45.4 Å². The molecule has 1 N–H and O–H groups in total. The first kappa shape index (κ1) is 34.9. The van der Waals surface area contributed by atoms with E-state index < -0.39 is 49.0 Å². The third-order valence-electron chi connectivity index (χ3n) is 5.88. The second-order valence-corrected chi connectivity index (χ2v) is 9.46. The summed E-state index contributed by atoms with van der Waals surface area (Å²) in [6.07, 6.45) is -11.1. The van der Waals surface area contributed by atoms with Crippen molar-refractivity contribution in [1.82, 2.24) is 4.90 Å². The van der Waals surface area contributed by atoms with E-state index in [4.69, 9.17) is 25.8 Å². The maximum absolute atomic E-state index is 13.6. The van der Waals surface area contributed by atoms with Gasteiger partial charge in [0.05, 0.1) is 6.54 Å². The van der Waals surface area contributed by atoms with Crippen LogP contribution in [0.2, 0.25) is 5.02 Å². The lowest BCUT2D eigenvalue weighted by molar-refractivity contribution is -0.355. The first-order valence-corrected chi connectivity index (χ1v) is 13.1. The Morgan fingerprint density at radius 3 is 2.05 bits per heavy atom. The monoisotopic (exact) mass is 631 g/mol. The van der Waals surface area contributed by atoms with Crippen LogP contribution in [0.3, 0.4) is 0 Å². The van der Waals surface area contributed by atoms with Crippen molar-refractivity contribution in [1.29, 1.82) is 0 Å². The molecule has 1 amide bonds. The van der Waals surface area contributed by atoms with E-state index in [1.54, 1.807) is 31.2 Å². The van der Waals surface area contributed by atoms with E-state index in [0.29, 0.717) is 16.3 Å². The quantitative estimate of drug-likeness (QED) is 0.155. The first-order valence-electron chi connectivity index (χ1n) is 12.7. The Morgan fingerprint density at radius 2 is 1.50 bits per heavy atom. The summed E-state index contributed by atoms with van der Waals surface area (Å²) in [6.45, 7) is 1.29. The highest BCUT2D eigenvalue weighted by atomic mass is 35.5. The van der Waals surface area contributed by atoms with Crippen LogP contribution < -0.4 is 9.47 Å². The number of unbranched alkanes of at least 4 members (excludes halogenated alkanes) is 1. The molecule has 1 atom stereocenters. The van der Waals surface area contributed by atoms with Crippen LogP contribution in [0.15, 0.2) is 48.5 Å². The van der Waals surface area contributed by atoms with Gasteiger partial charge in [-0.15, -0.1) is 0 Å². The molecule has 0 heterocycles. The van der Waals surface area contributed by atoms with Crippen LogP contribution in [-0.4, -0.2) is 72.5 Å². The molecule has 0 aliphatic rings. The van der Waals surface area contributed by atoms with E-state index in [2.05, 4.69) is 0 Å². The van der Waals surface area contributed by atoms with Crippen molar-refractivity contribution in [2.24, 2.45) is 0 Å². The second kappa shape index (κ2) is 15.3. The number of nitrogens with zero attached hydrogens (tertiary/aromatic N) is 1. The second-order valence-electron chi connectivity index (χ2n) is 9.02. The van der Waals surface area contributed by atoms with Gasteiger partial charge in [0.25, 0.3) is 0 Å². The van der Waals surface area contributed by atoms with Crippen LogP contribution in [-0.2, 0) is 16.0 Å². The molecular formula is C27H29ClF7NO6. The van der Waals surface area contributed by atoms with Gasteiger partial charge < -0.3 is 24.2 Å². The molecule has 15 heteroatoms. The van der Waals surface area contributed by atoms with Crippen molar-refractivity contribution in [2.75, 3.05) is 26.3 Å². The van der Waals surface area contributed by atoms with Gasteiger partial charge in [-0.05, 0) is 61.7 Å². The SMILES string of the molecule is CCOC(Cc1ccc(OCCN(CCCCC(F)(F)C(F)(F)C(F)(F)F)C(=O)Oc2ccc(Cl)cc2)cc1)C(=O)O. The number of alkyl halides is 7. The number of carbonyl (C=O) groups is 2. The van der Waals surface area contributed by atoms with E-state index in [1.807, 2.05) is 0 Å².